The molecule has 0 aromatic carbocycles. The lowest BCUT2D eigenvalue weighted by Gasteiger charge is -2.50. The molecule has 4 aliphatic rings. The quantitative estimate of drug-likeness (QED) is 0.248. The van der Waals surface area contributed by atoms with Gasteiger partial charge < -0.3 is 35.6 Å². The summed E-state index contributed by atoms with van der Waals surface area (Å²) in [6.45, 7) is 5.68. The normalized spacial score (nSPS) is 39.6. The van der Waals surface area contributed by atoms with E-state index < -0.39 is 0 Å². The van der Waals surface area contributed by atoms with Crippen LogP contribution in [0.5, 0.6) is 0 Å². The standard InChI is InChI=1S/C30H52Cl2N6O3/c1-4-40-28-14-25-23(13-26(28)37-29(39)6-5-11-38(2)3)30(19(15-33)16-35-25)36-21-9-10-27(24(32)12-21)41-18-22-8-7-20(31)17-34-22/h19-28,30,34-36H,4-14,16-18H2,1-3H3,(H,37,39). The van der Waals surface area contributed by atoms with Crippen molar-refractivity contribution >= 4 is 29.1 Å². The van der Waals surface area contributed by atoms with Crippen LogP contribution in [0.25, 0.3) is 0 Å². The van der Waals surface area contributed by atoms with E-state index in [1.807, 2.05) is 21.0 Å². The highest BCUT2D eigenvalue weighted by molar-refractivity contribution is 6.21. The monoisotopic (exact) mass is 614 g/mol. The van der Waals surface area contributed by atoms with Crippen molar-refractivity contribution < 1.29 is 14.3 Å². The lowest BCUT2D eigenvalue weighted by molar-refractivity contribution is -0.124. The Morgan fingerprint density at radius 3 is 2.56 bits per heavy atom. The number of carbonyl (C=O) groups excluding carboxylic acids is 1. The van der Waals surface area contributed by atoms with E-state index in [1.54, 1.807) is 0 Å². The zero-order valence-electron chi connectivity index (χ0n) is 25.1. The minimum Gasteiger partial charge on any atom is -0.376 e. The van der Waals surface area contributed by atoms with E-state index in [2.05, 4.69) is 32.2 Å². The van der Waals surface area contributed by atoms with Crippen molar-refractivity contribution in [2.24, 2.45) is 11.8 Å². The molecule has 0 radical (unpaired) electrons. The van der Waals surface area contributed by atoms with Crippen molar-refractivity contribution in [3.8, 4) is 6.07 Å². The van der Waals surface area contributed by atoms with Crippen LogP contribution in [0.15, 0.2) is 0 Å². The molecule has 41 heavy (non-hydrogen) atoms. The number of carbonyl (C=O) groups is 1. The SMILES string of the molecule is CCOC1CC2NCC(C#N)C(NC3CCC(OCC4CCC(Cl)CN4)C(Cl)C3)C2CC1NC(=O)CCCN(C)C. The molecule has 2 aliphatic heterocycles. The lowest BCUT2D eigenvalue weighted by atomic mass is 9.69. The Balaban J connectivity index is 1.33. The van der Waals surface area contributed by atoms with Gasteiger partial charge in [0.15, 0.2) is 0 Å². The van der Waals surface area contributed by atoms with Crippen molar-refractivity contribution in [3.05, 3.63) is 0 Å². The average molecular weight is 616 g/mol. The Hall–Kier alpha value is -0.700. The predicted molar refractivity (Wildman–Crippen MR) is 163 cm³/mol. The van der Waals surface area contributed by atoms with Crippen LogP contribution in [-0.2, 0) is 14.3 Å². The van der Waals surface area contributed by atoms with Gasteiger partial charge in [-0.25, -0.2) is 0 Å². The summed E-state index contributed by atoms with van der Waals surface area (Å²) in [7, 11) is 4.05. The van der Waals surface area contributed by atoms with Crippen molar-refractivity contribution in [2.75, 3.05) is 46.9 Å². The van der Waals surface area contributed by atoms with Gasteiger partial charge in [-0.15, -0.1) is 23.2 Å². The Morgan fingerprint density at radius 2 is 1.88 bits per heavy atom. The summed E-state index contributed by atoms with van der Waals surface area (Å²) in [6.07, 6.45) is 7.74. The second-order valence-corrected chi connectivity index (χ2v) is 14.0. The molecule has 0 aromatic rings. The molecule has 2 heterocycles. The summed E-state index contributed by atoms with van der Waals surface area (Å²) in [5.74, 6) is 0.171. The van der Waals surface area contributed by atoms with Gasteiger partial charge in [-0.05, 0) is 84.8 Å². The highest BCUT2D eigenvalue weighted by Crippen LogP contribution is 2.36. The van der Waals surface area contributed by atoms with E-state index in [-0.39, 0.29) is 64.9 Å². The summed E-state index contributed by atoms with van der Waals surface area (Å²) in [5.41, 5.74) is 0. The highest BCUT2D eigenvalue weighted by atomic mass is 35.5. The van der Waals surface area contributed by atoms with E-state index in [4.69, 9.17) is 32.7 Å². The number of hydrogen-bond acceptors (Lipinski definition) is 8. The Kier molecular flexibility index (Phi) is 13.3. The number of nitrogens with zero attached hydrogens (tertiary/aromatic N) is 2. The fourth-order valence-corrected chi connectivity index (χ4v) is 7.88. The smallest absolute Gasteiger partial charge is 0.220 e. The highest BCUT2D eigenvalue weighted by Gasteiger charge is 2.47. The van der Waals surface area contributed by atoms with Crippen molar-refractivity contribution in [3.63, 3.8) is 0 Å². The van der Waals surface area contributed by atoms with Crippen molar-refractivity contribution in [2.45, 2.75) is 118 Å². The van der Waals surface area contributed by atoms with Gasteiger partial charge in [0.05, 0.1) is 42.2 Å². The first-order valence-corrected chi connectivity index (χ1v) is 16.7. The lowest BCUT2D eigenvalue weighted by Crippen LogP contribution is -2.66. The third kappa shape index (κ3) is 9.64. The van der Waals surface area contributed by atoms with Gasteiger partial charge in [-0.3, -0.25) is 4.79 Å². The Labute approximate surface area is 257 Å². The maximum absolute atomic E-state index is 12.9. The molecule has 234 valence electrons. The first-order chi connectivity index (χ1) is 19.8. The van der Waals surface area contributed by atoms with Gasteiger partial charge in [-0.2, -0.15) is 5.26 Å². The number of rotatable bonds is 12. The Bertz CT molecular complexity index is 855. The minimum atomic E-state index is -0.137. The predicted octanol–water partition coefficient (Wildman–Crippen LogP) is 2.60. The van der Waals surface area contributed by atoms with Crippen LogP contribution >= 0.6 is 23.2 Å². The molecule has 11 atom stereocenters. The van der Waals surface area contributed by atoms with E-state index in [9.17, 15) is 10.1 Å². The van der Waals surface area contributed by atoms with Crippen molar-refractivity contribution in [1.29, 1.82) is 5.26 Å². The Morgan fingerprint density at radius 1 is 1.05 bits per heavy atom. The molecule has 0 aromatic heterocycles. The zero-order chi connectivity index (χ0) is 29.4. The third-order valence-corrected chi connectivity index (χ3v) is 10.3. The van der Waals surface area contributed by atoms with Crippen LogP contribution in [0.1, 0.15) is 64.7 Å². The van der Waals surface area contributed by atoms with Crippen LogP contribution < -0.4 is 21.3 Å². The molecule has 0 bridgehead atoms. The third-order valence-electron chi connectivity index (χ3n) is 9.48. The second kappa shape index (κ2) is 16.4. The minimum absolute atomic E-state index is 0.0281. The van der Waals surface area contributed by atoms with E-state index >= 15 is 0 Å². The molecule has 1 amide bonds. The van der Waals surface area contributed by atoms with Crippen LogP contribution in [0.2, 0.25) is 0 Å². The largest absolute Gasteiger partial charge is 0.376 e. The fraction of sp³-hybridized carbons (Fsp3) is 0.933. The molecule has 11 heteroatoms. The molecule has 2 saturated heterocycles. The van der Waals surface area contributed by atoms with Gasteiger partial charge in [0, 0.05) is 55.7 Å². The van der Waals surface area contributed by atoms with Gasteiger partial charge >= 0.3 is 0 Å². The van der Waals surface area contributed by atoms with E-state index in [0.717, 1.165) is 64.5 Å². The number of halogens is 2. The molecule has 11 unspecified atom stereocenters. The van der Waals surface area contributed by atoms with E-state index in [0.29, 0.717) is 32.2 Å². The maximum Gasteiger partial charge on any atom is 0.220 e. The number of ether oxygens (including phenoxy) is 2. The average Bonchev–Trinajstić information content (AvgIpc) is 2.94. The number of piperidine rings is 2. The molecule has 4 fully saturated rings. The van der Waals surface area contributed by atoms with Gasteiger partial charge in [0.2, 0.25) is 5.91 Å². The zero-order valence-corrected chi connectivity index (χ0v) is 26.6. The summed E-state index contributed by atoms with van der Waals surface area (Å²) in [5, 5.41) is 24.6. The number of hydrogen-bond donors (Lipinski definition) is 4. The number of nitriles is 1. The number of amides is 1. The molecule has 4 rings (SSSR count). The van der Waals surface area contributed by atoms with Crippen LogP contribution in [0.4, 0.5) is 0 Å². The summed E-state index contributed by atoms with van der Waals surface area (Å²) in [6, 6.07) is 3.39. The second-order valence-electron chi connectivity index (χ2n) is 12.8. The molecule has 9 nitrogen and oxygen atoms in total. The van der Waals surface area contributed by atoms with Crippen molar-refractivity contribution in [1.82, 2.24) is 26.2 Å². The van der Waals surface area contributed by atoms with E-state index in [1.165, 1.54) is 0 Å². The van der Waals surface area contributed by atoms with Gasteiger partial charge in [-0.1, -0.05) is 0 Å². The number of nitrogens with one attached hydrogen (secondary N) is 4. The fourth-order valence-electron chi connectivity index (χ4n) is 7.25. The summed E-state index contributed by atoms with van der Waals surface area (Å²) >= 11 is 13.1. The summed E-state index contributed by atoms with van der Waals surface area (Å²) in [4.78, 5) is 15.0. The molecule has 0 spiro atoms. The molecule has 2 saturated carbocycles. The molecule has 4 N–H and O–H groups in total. The topological polar surface area (TPSA) is 111 Å². The first-order valence-electron chi connectivity index (χ1n) is 15.8. The van der Waals surface area contributed by atoms with Gasteiger partial charge in [0.1, 0.15) is 0 Å². The number of fused-ring (bicyclic) bond motifs is 1. The van der Waals surface area contributed by atoms with Gasteiger partial charge in [0.25, 0.3) is 0 Å². The van der Waals surface area contributed by atoms with Crippen LogP contribution in [0, 0.1) is 23.2 Å². The van der Waals surface area contributed by atoms with Crippen LogP contribution in [-0.4, -0.2) is 111 Å². The number of alkyl halides is 2. The molecular formula is C30H52Cl2N6O3. The first kappa shape index (κ1) is 33.2. The molecular weight excluding hydrogens is 563 g/mol. The maximum atomic E-state index is 12.9. The molecule has 2 aliphatic carbocycles. The summed E-state index contributed by atoms with van der Waals surface area (Å²) < 4.78 is 12.4. The van der Waals surface area contributed by atoms with Crippen LogP contribution in [0.3, 0.4) is 0 Å².